The summed E-state index contributed by atoms with van der Waals surface area (Å²) in [6.45, 7) is 0.615. The van der Waals surface area contributed by atoms with Gasteiger partial charge in [-0.25, -0.2) is 0 Å². The van der Waals surface area contributed by atoms with Gasteiger partial charge in [0.1, 0.15) is 0 Å². The molecule has 0 saturated heterocycles. The number of rotatable bonds is 4. The van der Waals surface area contributed by atoms with E-state index in [1.807, 2.05) is 34.8 Å². The molecule has 4 heteroatoms. The van der Waals surface area contributed by atoms with Crippen LogP contribution in [-0.2, 0) is 13.6 Å². The largest absolute Gasteiger partial charge is 0.353 e. The minimum Gasteiger partial charge on any atom is -0.353 e. The lowest BCUT2D eigenvalue weighted by molar-refractivity contribution is 0.0726. The van der Waals surface area contributed by atoms with Gasteiger partial charge in [0.25, 0.3) is 5.91 Å². The zero-order chi connectivity index (χ0) is 14.8. The molecule has 0 bridgehead atoms. The van der Waals surface area contributed by atoms with Crippen molar-refractivity contribution in [1.82, 2.24) is 9.47 Å². The fraction of sp³-hybridized carbons (Fsp3) is 0.294. The third-order valence-corrected chi connectivity index (χ3v) is 3.87. The monoisotopic (exact) mass is 279 g/mol. The number of carbonyl (C=O) groups excluding carboxylic acids is 1. The molecule has 106 valence electrons. The number of aromatic nitrogens is 1. The minimum atomic E-state index is 0.0100. The van der Waals surface area contributed by atoms with Crippen molar-refractivity contribution in [2.75, 3.05) is 0 Å². The van der Waals surface area contributed by atoms with Crippen LogP contribution in [0.4, 0.5) is 0 Å². The molecule has 0 atom stereocenters. The predicted octanol–water partition coefficient (Wildman–Crippen LogP) is 2.70. The van der Waals surface area contributed by atoms with Gasteiger partial charge >= 0.3 is 0 Å². The summed E-state index contributed by atoms with van der Waals surface area (Å²) in [6.07, 6.45) is 4.11. The first-order chi connectivity index (χ1) is 10.2. The summed E-state index contributed by atoms with van der Waals surface area (Å²) < 4.78 is 2.04. The normalized spacial score (nSPS) is 13.7. The Kier molecular flexibility index (Phi) is 3.49. The van der Waals surface area contributed by atoms with Gasteiger partial charge in [0.05, 0.1) is 18.2 Å². The topological polar surface area (TPSA) is 49.0 Å². The van der Waals surface area contributed by atoms with E-state index in [0.29, 0.717) is 23.7 Å². The quantitative estimate of drug-likeness (QED) is 0.864. The summed E-state index contributed by atoms with van der Waals surface area (Å²) in [6, 6.07) is 13.4. The molecule has 0 N–H and O–H groups in total. The average Bonchev–Trinajstić information content (AvgIpc) is 3.27. The highest BCUT2D eigenvalue weighted by Crippen LogP contribution is 2.30. The minimum absolute atomic E-state index is 0.0100. The maximum absolute atomic E-state index is 12.7. The van der Waals surface area contributed by atoms with Crippen molar-refractivity contribution in [3.05, 3.63) is 59.4 Å². The van der Waals surface area contributed by atoms with Crippen LogP contribution in [0.5, 0.6) is 0 Å². The number of amides is 1. The number of benzene rings is 1. The number of aryl methyl sites for hydroxylation is 1. The molecule has 0 aliphatic heterocycles. The lowest BCUT2D eigenvalue weighted by Gasteiger charge is -2.23. The van der Waals surface area contributed by atoms with Crippen LogP contribution < -0.4 is 0 Å². The second-order valence-electron chi connectivity index (χ2n) is 5.47. The van der Waals surface area contributed by atoms with Crippen molar-refractivity contribution in [3.63, 3.8) is 0 Å². The maximum Gasteiger partial charge on any atom is 0.254 e. The van der Waals surface area contributed by atoms with Gasteiger partial charge in [-0.1, -0.05) is 6.07 Å². The van der Waals surface area contributed by atoms with E-state index in [2.05, 4.69) is 6.07 Å². The Labute approximate surface area is 124 Å². The maximum atomic E-state index is 12.7. The number of nitriles is 1. The van der Waals surface area contributed by atoms with Crippen LogP contribution in [0.3, 0.4) is 0 Å². The van der Waals surface area contributed by atoms with Gasteiger partial charge in [0, 0.05) is 30.5 Å². The zero-order valence-corrected chi connectivity index (χ0v) is 12.0. The van der Waals surface area contributed by atoms with E-state index in [9.17, 15) is 4.79 Å². The van der Waals surface area contributed by atoms with Gasteiger partial charge in [-0.15, -0.1) is 0 Å². The molecular weight excluding hydrogens is 262 g/mol. The van der Waals surface area contributed by atoms with Crippen LogP contribution in [0.25, 0.3) is 0 Å². The van der Waals surface area contributed by atoms with Gasteiger partial charge in [0.15, 0.2) is 0 Å². The molecule has 3 rings (SSSR count). The van der Waals surface area contributed by atoms with Crippen molar-refractivity contribution in [2.45, 2.75) is 25.4 Å². The Balaban J connectivity index is 1.85. The zero-order valence-electron chi connectivity index (χ0n) is 12.0. The molecule has 1 heterocycles. The molecule has 1 amide bonds. The molecule has 1 saturated carbocycles. The summed E-state index contributed by atoms with van der Waals surface area (Å²) in [5.41, 5.74) is 2.23. The summed E-state index contributed by atoms with van der Waals surface area (Å²) >= 11 is 0. The lowest BCUT2D eigenvalue weighted by Crippen LogP contribution is -2.33. The van der Waals surface area contributed by atoms with E-state index in [4.69, 9.17) is 5.26 Å². The van der Waals surface area contributed by atoms with Gasteiger partial charge in [0.2, 0.25) is 0 Å². The molecule has 4 nitrogen and oxygen atoms in total. The third kappa shape index (κ3) is 2.82. The van der Waals surface area contributed by atoms with Crippen molar-refractivity contribution in [1.29, 1.82) is 5.26 Å². The van der Waals surface area contributed by atoms with Crippen molar-refractivity contribution in [2.24, 2.45) is 7.05 Å². The third-order valence-electron chi connectivity index (χ3n) is 3.87. The molecule has 1 aromatic heterocycles. The van der Waals surface area contributed by atoms with Crippen LogP contribution in [-0.4, -0.2) is 21.4 Å². The van der Waals surface area contributed by atoms with Crippen LogP contribution in [0, 0.1) is 11.3 Å². The molecule has 1 aliphatic carbocycles. The van der Waals surface area contributed by atoms with Gasteiger partial charge in [-0.3, -0.25) is 4.79 Å². The standard InChI is InChI=1S/C17H17N3O/c1-19-9-3-6-16(19)12-20(15-7-8-15)17(21)14-5-2-4-13(10-14)11-18/h2-6,9-10,15H,7-8,12H2,1H3. The van der Waals surface area contributed by atoms with E-state index in [-0.39, 0.29) is 5.91 Å². The summed E-state index contributed by atoms with van der Waals surface area (Å²) in [7, 11) is 1.99. The molecule has 1 aliphatic rings. The molecule has 0 spiro atoms. The van der Waals surface area contributed by atoms with Crippen LogP contribution in [0.15, 0.2) is 42.6 Å². The average molecular weight is 279 g/mol. The van der Waals surface area contributed by atoms with Crippen LogP contribution in [0.2, 0.25) is 0 Å². The summed E-state index contributed by atoms with van der Waals surface area (Å²) in [4.78, 5) is 14.7. The predicted molar refractivity (Wildman–Crippen MR) is 79.5 cm³/mol. The molecule has 1 aromatic carbocycles. The summed E-state index contributed by atoms with van der Waals surface area (Å²) in [5, 5.41) is 8.97. The van der Waals surface area contributed by atoms with E-state index in [1.54, 1.807) is 24.3 Å². The van der Waals surface area contributed by atoms with Gasteiger partial charge in [-0.2, -0.15) is 5.26 Å². The molecule has 2 aromatic rings. The Morgan fingerprint density at radius 1 is 1.38 bits per heavy atom. The van der Waals surface area contributed by atoms with E-state index >= 15 is 0 Å². The van der Waals surface area contributed by atoms with E-state index in [0.717, 1.165) is 18.5 Å². The second kappa shape index (κ2) is 5.45. The number of hydrogen-bond acceptors (Lipinski definition) is 2. The Bertz CT molecular complexity index is 707. The van der Waals surface area contributed by atoms with Gasteiger partial charge in [-0.05, 0) is 43.2 Å². The van der Waals surface area contributed by atoms with E-state index in [1.165, 1.54) is 0 Å². The SMILES string of the molecule is Cn1cccc1CN(C(=O)c1cccc(C#N)c1)C1CC1. The fourth-order valence-electron chi connectivity index (χ4n) is 2.48. The first-order valence-corrected chi connectivity index (χ1v) is 7.10. The number of hydrogen-bond donors (Lipinski definition) is 0. The Morgan fingerprint density at radius 3 is 2.81 bits per heavy atom. The number of nitrogens with zero attached hydrogens (tertiary/aromatic N) is 3. The lowest BCUT2D eigenvalue weighted by atomic mass is 10.1. The van der Waals surface area contributed by atoms with Gasteiger partial charge < -0.3 is 9.47 Å². The second-order valence-corrected chi connectivity index (χ2v) is 5.47. The Hall–Kier alpha value is -2.54. The van der Waals surface area contributed by atoms with Crippen molar-refractivity contribution >= 4 is 5.91 Å². The molecule has 1 fully saturated rings. The first kappa shape index (κ1) is 13.4. The highest BCUT2D eigenvalue weighted by Gasteiger charge is 2.33. The van der Waals surface area contributed by atoms with Crippen molar-refractivity contribution < 1.29 is 4.79 Å². The Morgan fingerprint density at radius 2 is 2.19 bits per heavy atom. The molecule has 21 heavy (non-hydrogen) atoms. The molecular formula is C17H17N3O. The first-order valence-electron chi connectivity index (χ1n) is 7.10. The highest BCUT2D eigenvalue weighted by molar-refractivity contribution is 5.95. The fourth-order valence-corrected chi connectivity index (χ4v) is 2.48. The van der Waals surface area contributed by atoms with Crippen LogP contribution >= 0.6 is 0 Å². The highest BCUT2D eigenvalue weighted by atomic mass is 16.2. The molecule has 0 unspecified atom stereocenters. The van der Waals surface area contributed by atoms with E-state index < -0.39 is 0 Å². The van der Waals surface area contributed by atoms with Crippen molar-refractivity contribution in [3.8, 4) is 6.07 Å². The molecule has 0 radical (unpaired) electrons. The smallest absolute Gasteiger partial charge is 0.254 e. The summed E-state index contributed by atoms with van der Waals surface area (Å²) in [5.74, 6) is 0.0100. The van der Waals surface area contributed by atoms with Crippen LogP contribution in [0.1, 0.15) is 34.5 Å². The number of carbonyl (C=O) groups is 1.